The molecule has 2 aliphatic rings. The molecule has 0 saturated carbocycles. The van der Waals surface area contributed by atoms with E-state index in [4.69, 9.17) is 11.6 Å². The van der Waals surface area contributed by atoms with Crippen LogP contribution in [0.3, 0.4) is 0 Å². The molecule has 27 heavy (non-hydrogen) atoms. The molecule has 0 aliphatic carbocycles. The maximum atomic E-state index is 12.9. The first-order valence-electron chi connectivity index (χ1n) is 8.49. The fourth-order valence-electron chi connectivity index (χ4n) is 3.44. The second kappa shape index (κ2) is 9.52. The van der Waals surface area contributed by atoms with Crippen molar-refractivity contribution in [3.05, 3.63) is 28.8 Å². The summed E-state index contributed by atoms with van der Waals surface area (Å²) in [6, 6.07) is 3.93. The van der Waals surface area contributed by atoms with Gasteiger partial charge in [0.1, 0.15) is 5.75 Å². The fourth-order valence-corrected chi connectivity index (χ4v) is 3.61. The lowest BCUT2D eigenvalue weighted by Gasteiger charge is -2.41. The van der Waals surface area contributed by atoms with Crippen LogP contribution in [0.4, 0.5) is 8.78 Å². The molecule has 2 amide bonds. The lowest BCUT2D eigenvalue weighted by atomic mass is 10.0. The summed E-state index contributed by atoms with van der Waals surface area (Å²) in [5, 5.41) is 3.29. The van der Waals surface area contributed by atoms with Gasteiger partial charge in [-0.15, -0.1) is 12.4 Å². The van der Waals surface area contributed by atoms with E-state index in [1.165, 1.54) is 18.2 Å². The van der Waals surface area contributed by atoms with Crippen LogP contribution in [0.15, 0.2) is 18.2 Å². The molecule has 1 atom stereocenters. The van der Waals surface area contributed by atoms with E-state index in [-0.39, 0.29) is 40.7 Å². The van der Waals surface area contributed by atoms with Crippen LogP contribution in [-0.2, 0) is 4.79 Å². The molecule has 10 heteroatoms. The highest BCUT2D eigenvalue weighted by molar-refractivity contribution is 6.31. The molecule has 6 nitrogen and oxygen atoms in total. The van der Waals surface area contributed by atoms with E-state index in [1.54, 1.807) is 9.80 Å². The van der Waals surface area contributed by atoms with Crippen LogP contribution in [0.2, 0.25) is 5.02 Å². The minimum absolute atomic E-state index is 0. The van der Waals surface area contributed by atoms with Gasteiger partial charge in [0, 0.05) is 37.2 Å². The lowest BCUT2D eigenvalue weighted by Crippen LogP contribution is -2.57. The molecular formula is C17H21Cl2F2N3O3. The largest absolute Gasteiger partial charge is 0.434 e. The van der Waals surface area contributed by atoms with Crippen molar-refractivity contribution >= 4 is 35.8 Å². The minimum atomic E-state index is -3.03. The maximum absolute atomic E-state index is 12.9. The van der Waals surface area contributed by atoms with Gasteiger partial charge in [-0.1, -0.05) is 11.6 Å². The highest BCUT2D eigenvalue weighted by Crippen LogP contribution is 2.27. The first-order valence-corrected chi connectivity index (χ1v) is 8.87. The zero-order chi connectivity index (χ0) is 18.7. The Labute approximate surface area is 167 Å². The number of piperazine rings is 1. The van der Waals surface area contributed by atoms with Gasteiger partial charge in [-0.3, -0.25) is 9.59 Å². The van der Waals surface area contributed by atoms with Crippen molar-refractivity contribution in [3.8, 4) is 5.75 Å². The van der Waals surface area contributed by atoms with Crippen molar-refractivity contribution in [2.75, 3.05) is 32.7 Å². The lowest BCUT2D eigenvalue weighted by molar-refractivity contribution is -0.135. The third-order valence-corrected chi connectivity index (χ3v) is 4.87. The number of likely N-dealkylation sites (tertiary alicyclic amines) is 1. The average molecular weight is 424 g/mol. The maximum Gasteiger partial charge on any atom is 0.387 e. The Morgan fingerprint density at radius 1 is 1.33 bits per heavy atom. The van der Waals surface area contributed by atoms with Gasteiger partial charge in [0.2, 0.25) is 5.91 Å². The van der Waals surface area contributed by atoms with E-state index in [0.717, 1.165) is 19.4 Å². The Bertz CT molecular complexity index is 693. The quantitative estimate of drug-likeness (QED) is 0.807. The van der Waals surface area contributed by atoms with Gasteiger partial charge in [-0.05, 0) is 31.0 Å². The monoisotopic (exact) mass is 423 g/mol. The number of hydrogen-bond donors (Lipinski definition) is 1. The van der Waals surface area contributed by atoms with Crippen molar-refractivity contribution in [2.45, 2.75) is 25.5 Å². The normalized spacial score (nSPS) is 20.4. The van der Waals surface area contributed by atoms with Crippen molar-refractivity contribution in [1.82, 2.24) is 15.1 Å². The van der Waals surface area contributed by atoms with Gasteiger partial charge < -0.3 is 19.9 Å². The Morgan fingerprint density at radius 2 is 2.11 bits per heavy atom. The molecule has 0 radical (unpaired) electrons. The number of halogens is 4. The van der Waals surface area contributed by atoms with Gasteiger partial charge >= 0.3 is 6.61 Å². The average Bonchev–Trinajstić information content (AvgIpc) is 2.63. The molecular weight excluding hydrogens is 403 g/mol. The van der Waals surface area contributed by atoms with Crippen LogP contribution in [0.1, 0.15) is 23.2 Å². The molecule has 3 rings (SSSR count). The van der Waals surface area contributed by atoms with Crippen LogP contribution < -0.4 is 10.1 Å². The second-order valence-corrected chi connectivity index (χ2v) is 6.77. The highest BCUT2D eigenvalue weighted by atomic mass is 35.5. The predicted molar refractivity (Wildman–Crippen MR) is 98.8 cm³/mol. The summed E-state index contributed by atoms with van der Waals surface area (Å²) in [4.78, 5) is 28.4. The van der Waals surface area contributed by atoms with E-state index in [1.807, 2.05) is 0 Å². The van der Waals surface area contributed by atoms with Crippen LogP contribution in [0.25, 0.3) is 0 Å². The van der Waals surface area contributed by atoms with Gasteiger partial charge in [0.25, 0.3) is 5.91 Å². The summed E-state index contributed by atoms with van der Waals surface area (Å²) in [5.41, 5.74) is 0.00471. The molecule has 1 N–H and O–H groups in total. The number of nitrogens with zero attached hydrogens (tertiary/aromatic N) is 2. The number of nitrogens with one attached hydrogen (secondary N) is 1. The summed E-state index contributed by atoms with van der Waals surface area (Å²) in [6.07, 6.45) is 1.55. The first kappa shape index (κ1) is 21.7. The molecule has 0 aromatic heterocycles. The van der Waals surface area contributed by atoms with Crippen molar-refractivity contribution in [2.24, 2.45) is 0 Å². The van der Waals surface area contributed by atoms with Gasteiger partial charge in [-0.2, -0.15) is 8.78 Å². The zero-order valence-electron chi connectivity index (χ0n) is 14.5. The molecule has 1 aromatic rings. The van der Waals surface area contributed by atoms with E-state index >= 15 is 0 Å². The number of benzene rings is 1. The number of piperidine rings is 1. The number of carbonyl (C=O) groups excluding carboxylic acids is 2. The molecule has 2 aliphatic heterocycles. The minimum Gasteiger partial charge on any atom is -0.434 e. The van der Waals surface area contributed by atoms with Crippen molar-refractivity contribution in [1.29, 1.82) is 0 Å². The van der Waals surface area contributed by atoms with Crippen LogP contribution in [-0.4, -0.2) is 67.0 Å². The SMILES string of the molecule is Cl.O=C(c1cc(Cl)ccc1OC(F)F)N1CCCC(N2CCNCC2=O)C1. The smallest absolute Gasteiger partial charge is 0.387 e. The summed E-state index contributed by atoms with van der Waals surface area (Å²) < 4.78 is 29.7. The second-order valence-electron chi connectivity index (χ2n) is 6.33. The standard InChI is InChI=1S/C17H20ClF2N3O3.ClH/c18-11-3-4-14(26-17(19)20)13(8-11)16(25)22-6-1-2-12(10-22)23-7-5-21-9-15(23)24;/h3-4,8,12,17,21H,1-2,5-7,9-10H2;1H. The summed E-state index contributed by atoms with van der Waals surface area (Å²) in [7, 11) is 0. The summed E-state index contributed by atoms with van der Waals surface area (Å²) >= 11 is 5.93. The number of carbonyl (C=O) groups is 2. The predicted octanol–water partition coefficient (Wildman–Crippen LogP) is 2.40. The number of rotatable bonds is 4. The number of amides is 2. The van der Waals surface area contributed by atoms with E-state index in [9.17, 15) is 18.4 Å². The number of hydrogen-bond acceptors (Lipinski definition) is 4. The number of alkyl halides is 2. The fraction of sp³-hybridized carbons (Fsp3) is 0.529. The summed E-state index contributed by atoms with van der Waals surface area (Å²) in [5.74, 6) is -0.606. The van der Waals surface area contributed by atoms with Crippen LogP contribution in [0, 0.1) is 0 Å². The molecule has 2 heterocycles. The Hall–Kier alpha value is -1.64. The van der Waals surface area contributed by atoms with E-state index in [2.05, 4.69) is 10.1 Å². The Balaban J connectivity index is 0.00000261. The molecule has 150 valence electrons. The van der Waals surface area contributed by atoms with Crippen molar-refractivity contribution in [3.63, 3.8) is 0 Å². The zero-order valence-corrected chi connectivity index (χ0v) is 16.1. The van der Waals surface area contributed by atoms with Crippen molar-refractivity contribution < 1.29 is 23.1 Å². The molecule has 2 fully saturated rings. The number of ether oxygens (including phenoxy) is 1. The highest BCUT2D eigenvalue weighted by Gasteiger charge is 2.33. The third kappa shape index (κ3) is 5.21. The Kier molecular flexibility index (Phi) is 7.64. The van der Waals surface area contributed by atoms with Gasteiger partial charge in [0.05, 0.1) is 12.1 Å². The molecule has 2 saturated heterocycles. The topological polar surface area (TPSA) is 61.9 Å². The summed E-state index contributed by atoms with van der Waals surface area (Å²) in [6.45, 7) is -0.554. The molecule has 0 spiro atoms. The van der Waals surface area contributed by atoms with Gasteiger partial charge in [-0.25, -0.2) is 0 Å². The molecule has 1 aromatic carbocycles. The molecule has 1 unspecified atom stereocenters. The first-order chi connectivity index (χ1) is 12.5. The molecule has 0 bridgehead atoms. The van der Waals surface area contributed by atoms with Gasteiger partial charge in [0.15, 0.2) is 0 Å². The van der Waals surface area contributed by atoms with Crippen LogP contribution >= 0.6 is 24.0 Å². The Morgan fingerprint density at radius 3 is 2.81 bits per heavy atom. The van der Waals surface area contributed by atoms with E-state index in [0.29, 0.717) is 26.2 Å². The third-order valence-electron chi connectivity index (χ3n) is 4.64. The van der Waals surface area contributed by atoms with E-state index < -0.39 is 12.5 Å². The van der Waals surface area contributed by atoms with Crippen LogP contribution in [0.5, 0.6) is 5.75 Å².